The predicted molar refractivity (Wildman–Crippen MR) is 72.4 cm³/mol. The Kier molecular flexibility index (Phi) is 3.39. The lowest BCUT2D eigenvalue weighted by molar-refractivity contribution is 0.188. The molecule has 0 spiro atoms. The van der Waals surface area contributed by atoms with Crippen LogP contribution in [-0.4, -0.2) is 30.1 Å². The first-order chi connectivity index (χ1) is 9.26. The van der Waals surface area contributed by atoms with Crippen molar-refractivity contribution in [2.24, 2.45) is 0 Å². The molecule has 100 valence electrons. The number of nitrogens with zero attached hydrogens (tertiary/aromatic N) is 2. The van der Waals surface area contributed by atoms with E-state index in [9.17, 15) is 4.39 Å². The summed E-state index contributed by atoms with van der Waals surface area (Å²) in [6.07, 6.45) is 4.81. The summed E-state index contributed by atoms with van der Waals surface area (Å²) in [4.78, 5) is 2.56. The molecule has 0 aromatic heterocycles. The number of hydrogen-bond donors (Lipinski definition) is 1. The van der Waals surface area contributed by atoms with E-state index in [2.05, 4.69) is 16.3 Å². The number of rotatable bonds is 2. The van der Waals surface area contributed by atoms with E-state index in [1.54, 1.807) is 6.07 Å². The molecule has 4 heteroatoms. The largest absolute Gasteiger partial charge is 0.381 e. The van der Waals surface area contributed by atoms with Gasteiger partial charge in [-0.25, -0.2) is 4.39 Å². The molecule has 2 atom stereocenters. The molecule has 1 aromatic rings. The minimum atomic E-state index is -0.354. The van der Waals surface area contributed by atoms with Crippen LogP contribution in [0.15, 0.2) is 18.2 Å². The van der Waals surface area contributed by atoms with Gasteiger partial charge in [-0.2, -0.15) is 5.26 Å². The van der Waals surface area contributed by atoms with Gasteiger partial charge in [-0.3, -0.25) is 0 Å². The smallest absolute Gasteiger partial charge is 0.124 e. The Morgan fingerprint density at radius 1 is 1.32 bits per heavy atom. The molecule has 0 radical (unpaired) electrons. The molecule has 1 aromatic carbocycles. The zero-order valence-electron chi connectivity index (χ0n) is 10.9. The summed E-state index contributed by atoms with van der Waals surface area (Å²) in [5.41, 5.74) is 1.16. The fourth-order valence-corrected chi connectivity index (χ4v) is 3.31. The van der Waals surface area contributed by atoms with Crippen molar-refractivity contribution in [2.45, 2.75) is 37.8 Å². The highest BCUT2D eigenvalue weighted by Gasteiger charge is 2.31. The van der Waals surface area contributed by atoms with E-state index in [4.69, 9.17) is 5.26 Å². The zero-order chi connectivity index (χ0) is 13.2. The van der Waals surface area contributed by atoms with Crippen LogP contribution in [0.1, 0.15) is 31.2 Å². The number of halogens is 1. The molecule has 3 rings (SSSR count). The van der Waals surface area contributed by atoms with E-state index >= 15 is 0 Å². The minimum Gasteiger partial charge on any atom is -0.381 e. The van der Waals surface area contributed by atoms with Crippen LogP contribution in [0.4, 0.5) is 10.1 Å². The molecule has 19 heavy (non-hydrogen) atoms. The Morgan fingerprint density at radius 2 is 2.21 bits per heavy atom. The molecule has 0 bridgehead atoms. The summed E-state index contributed by atoms with van der Waals surface area (Å²) in [5, 5.41) is 12.5. The van der Waals surface area contributed by atoms with Gasteiger partial charge in [0.05, 0.1) is 11.3 Å². The molecule has 0 aliphatic carbocycles. The van der Waals surface area contributed by atoms with Crippen LogP contribution in [0.25, 0.3) is 0 Å². The summed E-state index contributed by atoms with van der Waals surface area (Å²) in [5.74, 6) is -0.354. The van der Waals surface area contributed by atoms with E-state index < -0.39 is 0 Å². The molecule has 2 aliphatic heterocycles. The maximum absolute atomic E-state index is 13.1. The summed E-state index contributed by atoms with van der Waals surface area (Å²) in [7, 11) is 0. The van der Waals surface area contributed by atoms with Crippen LogP contribution in [0, 0.1) is 17.1 Å². The molecule has 2 fully saturated rings. The minimum absolute atomic E-state index is 0.354. The van der Waals surface area contributed by atoms with Gasteiger partial charge >= 0.3 is 0 Å². The first-order valence-electron chi connectivity index (χ1n) is 6.96. The maximum atomic E-state index is 13.1. The zero-order valence-corrected chi connectivity index (χ0v) is 10.9. The van der Waals surface area contributed by atoms with E-state index in [1.165, 1.54) is 31.5 Å². The summed E-state index contributed by atoms with van der Waals surface area (Å²) in [6, 6.07) is 7.54. The average molecular weight is 259 g/mol. The Bertz CT molecular complexity index is 509. The molecule has 2 aliphatic rings. The van der Waals surface area contributed by atoms with Crippen molar-refractivity contribution >= 4 is 5.69 Å². The summed E-state index contributed by atoms with van der Waals surface area (Å²) in [6.45, 7) is 2.36. The van der Waals surface area contributed by atoms with Crippen molar-refractivity contribution < 1.29 is 4.39 Å². The summed E-state index contributed by atoms with van der Waals surface area (Å²) >= 11 is 0. The van der Waals surface area contributed by atoms with Gasteiger partial charge in [-0.05, 0) is 50.4 Å². The lowest BCUT2D eigenvalue weighted by Gasteiger charge is -2.35. The van der Waals surface area contributed by atoms with Crippen molar-refractivity contribution in [2.75, 3.05) is 18.4 Å². The first-order valence-corrected chi connectivity index (χ1v) is 6.96. The lowest BCUT2D eigenvalue weighted by Crippen LogP contribution is -2.42. The van der Waals surface area contributed by atoms with Gasteiger partial charge in [-0.1, -0.05) is 0 Å². The maximum Gasteiger partial charge on any atom is 0.124 e. The second kappa shape index (κ2) is 5.18. The number of piperidine rings is 1. The second-order valence-electron chi connectivity index (χ2n) is 5.50. The van der Waals surface area contributed by atoms with Crippen LogP contribution in [-0.2, 0) is 0 Å². The van der Waals surface area contributed by atoms with Crippen molar-refractivity contribution in [3.63, 3.8) is 0 Å². The molecule has 1 N–H and O–H groups in total. The van der Waals surface area contributed by atoms with Crippen molar-refractivity contribution in [3.8, 4) is 6.07 Å². The van der Waals surface area contributed by atoms with Gasteiger partial charge in [0.25, 0.3) is 0 Å². The van der Waals surface area contributed by atoms with Crippen molar-refractivity contribution in [1.29, 1.82) is 5.26 Å². The van der Waals surface area contributed by atoms with Crippen LogP contribution in [0.2, 0.25) is 0 Å². The molecule has 3 nitrogen and oxygen atoms in total. The number of anilines is 1. The monoisotopic (exact) mass is 259 g/mol. The van der Waals surface area contributed by atoms with E-state index in [0.29, 0.717) is 17.6 Å². The second-order valence-corrected chi connectivity index (χ2v) is 5.50. The van der Waals surface area contributed by atoms with Crippen molar-refractivity contribution in [1.82, 2.24) is 4.90 Å². The van der Waals surface area contributed by atoms with Gasteiger partial charge in [0.15, 0.2) is 0 Å². The number of fused-ring (bicyclic) bond motifs is 1. The Labute approximate surface area is 113 Å². The van der Waals surface area contributed by atoms with Gasteiger partial charge in [-0.15, -0.1) is 0 Å². The standard InChI is InChI=1S/C15H18FN3/c16-12-3-4-15(11(8-12)10-17)18-13-5-7-19-6-1-2-14(19)9-13/h3-4,8,13-14,18H,1-2,5-7,9H2. The van der Waals surface area contributed by atoms with E-state index in [1.807, 2.05) is 0 Å². The molecular weight excluding hydrogens is 241 g/mol. The fourth-order valence-electron chi connectivity index (χ4n) is 3.31. The number of hydrogen-bond acceptors (Lipinski definition) is 3. The number of nitriles is 1. The third kappa shape index (κ3) is 2.57. The number of nitrogens with one attached hydrogen (secondary N) is 1. The molecule has 2 heterocycles. The molecule has 2 unspecified atom stereocenters. The SMILES string of the molecule is N#Cc1cc(F)ccc1NC1CCN2CCCC2C1. The van der Waals surface area contributed by atoms with Gasteiger partial charge < -0.3 is 10.2 Å². The fraction of sp³-hybridized carbons (Fsp3) is 0.533. The van der Waals surface area contributed by atoms with Crippen molar-refractivity contribution in [3.05, 3.63) is 29.6 Å². The molecule has 0 saturated carbocycles. The Hall–Kier alpha value is -1.60. The molecule has 2 saturated heterocycles. The summed E-state index contributed by atoms with van der Waals surface area (Å²) < 4.78 is 13.1. The normalized spacial score (nSPS) is 26.7. The third-order valence-electron chi connectivity index (χ3n) is 4.28. The topological polar surface area (TPSA) is 39.1 Å². The van der Waals surface area contributed by atoms with Gasteiger partial charge in [0.1, 0.15) is 11.9 Å². The Morgan fingerprint density at radius 3 is 3.05 bits per heavy atom. The molecular formula is C15H18FN3. The highest BCUT2D eigenvalue weighted by atomic mass is 19.1. The highest BCUT2D eigenvalue weighted by Crippen LogP contribution is 2.29. The predicted octanol–water partition coefficient (Wildman–Crippen LogP) is 2.74. The van der Waals surface area contributed by atoms with Crippen LogP contribution < -0.4 is 5.32 Å². The van der Waals surface area contributed by atoms with E-state index in [0.717, 1.165) is 25.1 Å². The average Bonchev–Trinajstić information content (AvgIpc) is 2.88. The van der Waals surface area contributed by atoms with Gasteiger partial charge in [0.2, 0.25) is 0 Å². The quantitative estimate of drug-likeness (QED) is 0.887. The molecule has 0 amide bonds. The van der Waals surface area contributed by atoms with Gasteiger partial charge in [0, 0.05) is 18.6 Å². The van der Waals surface area contributed by atoms with E-state index in [-0.39, 0.29) is 5.82 Å². The lowest BCUT2D eigenvalue weighted by atomic mass is 9.97. The highest BCUT2D eigenvalue weighted by molar-refractivity contribution is 5.58. The first kappa shape index (κ1) is 12.4. The third-order valence-corrected chi connectivity index (χ3v) is 4.28. The van der Waals surface area contributed by atoms with Crippen LogP contribution >= 0.6 is 0 Å². The number of benzene rings is 1. The van der Waals surface area contributed by atoms with Crippen LogP contribution in [0.3, 0.4) is 0 Å². The Balaban J connectivity index is 1.70. The van der Waals surface area contributed by atoms with Crippen LogP contribution in [0.5, 0.6) is 0 Å².